The highest BCUT2D eigenvalue weighted by Gasteiger charge is 2.58. The molecule has 0 amide bonds. The predicted molar refractivity (Wildman–Crippen MR) is 48.6 cm³/mol. The summed E-state index contributed by atoms with van der Waals surface area (Å²) in [6.45, 7) is -0.889. The van der Waals surface area contributed by atoms with Gasteiger partial charge in [0.1, 0.15) is 30.5 Å². The van der Waals surface area contributed by atoms with Gasteiger partial charge < -0.3 is 40.5 Å². The van der Waals surface area contributed by atoms with Gasteiger partial charge in [-0.15, -0.1) is 0 Å². The fraction of sp³-hybridized carbons (Fsp3) is 0.875. The number of hydrogen-bond donors (Lipinski definition) is 7. The van der Waals surface area contributed by atoms with E-state index in [1.54, 1.807) is 0 Å². The van der Waals surface area contributed by atoms with Crippen molar-refractivity contribution in [1.82, 2.24) is 0 Å². The average molecular weight is 254 g/mol. The topological polar surface area (TPSA) is 168 Å². The molecule has 0 radical (unpaired) electrons. The Bertz CT molecular complexity index is 295. The van der Waals surface area contributed by atoms with Gasteiger partial charge in [0, 0.05) is 0 Å². The van der Waals surface area contributed by atoms with E-state index < -0.39 is 48.9 Å². The van der Waals surface area contributed by atoms with Crippen LogP contribution in [0.1, 0.15) is 0 Å². The molecule has 100 valence electrons. The number of carboxylic acid groups (broad SMARTS) is 1. The monoisotopic (exact) mass is 254 g/mol. The average Bonchev–Trinajstić information content (AvgIpc) is 2.30. The molecule has 0 aromatic heterocycles. The van der Waals surface area contributed by atoms with Crippen molar-refractivity contribution >= 4 is 5.97 Å². The minimum Gasteiger partial charge on any atom is -0.477 e. The van der Waals surface area contributed by atoms with Crippen LogP contribution in [0, 0.1) is 0 Å². The summed E-state index contributed by atoms with van der Waals surface area (Å²) in [4.78, 5) is 10.7. The van der Waals surface area contributed by atoms with Crippen LogP contribution >= 0.6 is 0 Å². The molecular formula is C8H14O9. The van der Waals surface area contributed by atoms with Crippen LogP contribution in [0.15, 0.2) is 0 Å². The van der Waals surface area contributed by atoms with Crippen molar-refractivity contribution in [2.75, 3.05) is 6.61 Å². The van der Waals surface area contributed by atoms with Crippen LogP contribution in [0.2, 0.25) is 0 Å². The highest BCUT2D eigenvalue weighted by molar-refractivity contribution is 5.76. The molecule has 0 aromatic rings. The largest absolute Gasteiger partial charge is 0.477 e. The number of carboxylic acids is 1. The van der Waals surface area contributed by atoms with Gasteiger partial charge in [-0.1, -0.05) is 0 Å². The highest BCUT2D eigenvalue weighted by atomic mass is 16.7. The molecule has 1 saturated heterocycles. The Morgan fingerprint density at radius 3 is 2.24 bits per heavy atom. The van der Waals surface area contributed by atoms with Crippen molar-refractivity contribution in [2.45, 2.75) is 36.3 Å². The Balaban J connectivity index is 3.02. The second-order valence-electron chi connectivity index (χ2n) is 3.76. The van der Waals surface area contributed by atoms with Crippen LogP contribution < -0.4 is 0 Å². The van der Waals surface area contributed by atoms with Gasteiger partial charge in [-0.25, -0.2) is 4.79 Å². The summed E-state index contributed by atoms with van der Waals surface area (Å²) in [5, 5.41) is 64.1. The third kappa shape index (κ3) is 2.26. The first-order chi connectivity index (χ1) is 7.75. The molecule has 9 nitrogen and oxygen atoms in total. The molecule has 1 aliphatic rings. The van der Waals surface area contributed by atoms with E-state index in [0.29, 0.717) is 0 Å². The summed E-state index contributed by atoms with van der Waals surface area (Å²) in [7, 11) is 0. The van der Waals surface area contributed by atoms with Crippen molar-refractivity contribution < 1.29 is 45.3 Å². The summed E-state index contributed by atoms with van der Waals surface area (Å²) in [6.07, 6.45) is -9.67. The van der Waals surface area contributed by atoms with Crippen molar-refractivity contribution in [3.05, 3.63) is 0 Å². The zero-order valence-electron chi connectivity index (χ0n) is 8.54. The Kier molecular flexibility index (Phi) is 4.04. The Labute approximate surface area is 95.1 Å². The van der Waals surface area contributed by atoms with Crippen LogP contribution in [0.4, 0.5) is 0 Å². The maximum atomic E-state index is 10.7. The van der Waals surface area contributed by atoms with Crippen LogP contribution in [0.5, 0.6) is 0 Å². The van der Waals surface area contributed by atoms with Crippen LogP contribution in [0.3, 0.4) is 0 Å². The zero-order chi connectivity index (χ0) is 13.4. The molecule has 1 unspecified atom stereocenters. The Hall–Kier alpha value is -0.810. The van der Waals surface area contributed by atoms with E-state index in [2.05, 4.69) is 4.74 Å². The van der Waals surface area contributed by atoms with Crippen molar-refractivity contribution in [3.8, 4) is 0 Å². The third-order valence-corrected chi connectivity index (χ3v) is 2.60. The molecule has 0 saturated carbocycles. The second kappa shape index (κ2) is 4.82. The van der Waals surface area contributed by atoms with E-state index in [-0.39, 0.29) is 0 Å². The molecule has 1 aliphatic heterocycles. The fourth-order valence-electron chi connectivity index (χ4n) is 1.55. The summed E-state index contributed by atoms with van der Waals surface area (Å²) >= 11 is 0. The SMILES string of the molecule is O=C(O)C1(O)O[C@H]([C@H](O)CO)[C@H](O)[C@H](O)[C@H]1O. The number of aliphatic carboxylic acids is 1. The summed E-state index contributed by atoms with van der Waals surface area (Å²) < 4.78 is 4.47. The minimum absolute atomic E-state index is 0.889. The zero-order valence-corrected chi connectivity index (χ0v) is 8.54. The van der Waals surface area contributed by atoms with Gasteiger partial charge >= 0.3 is 5.97 Å². The minimum atomic E-state index is -3.17. The third-order valence-electron chi connectivity index (χ3n) is 2.60. The van der Waals surface area contributed by atoms with Crippen LogP contribution in [-0.2, 0) is 9.53 Å². The standard InChI is InChI=1S/C8H14O9/c9-1-2(10)5-3(11)4(12)6(13)8(16,17-5)7(14)15/h2-6,9-13,16H,1H2,(H,14,15)/t2-,3-,4+,5-,6-,8?/m1/s1. The smallest absolute Gasteiger partial charge is 0.367 e. The lowest BCUT2D eigenvalue weighted by atomic mass is 9.90. The lowest BCUT2D eigenvalue weighted by Crippen LogP contribution is -2.69. The van der Waals surface area contributed by atoms with E-state index in [1.165, 1.54) is 0 Å². The first-order valence-corrected chi connectivity index (χ1v) is 4.72. The fourth-order valence-corrected chi connectivity index (χ4v) is 1.55. The Morgan fingerprint density at radius 1 is 1.29 bits per heavy atom. The number of carbonyl (C=O) groups is 1. The molecule has 0 spiro atoms. The lowest BCUT2D eigenvalue weighted by Gasteiger charge is -2.44. The van der Waals surface area contributed by atoms with Crippen LogP contribution in [0.25, 0.3) is 0 Å². The van der Waals surface area contributed by atoms with Gasteiger partial charge in [0.2, 0.25) is 0 Å². The van der Waals surface area contributed by atoms with Crippen LogP contribution in [-0.4, -0.2) is 84.6 Å². The van der Waals surface area contributed by atoms with Gasteiger partial charge in [-0.3, -0.25) is 0 Å². The normalized spacial score (nSPS) is 44.4. The van der Waals surface area contributed by atoms with Crippen molar-refractivity contribution in [1.29, 1.82) is 0 Å². The molecule has 1 fully saturated rings. The maximum absolute atomic E-state index is 10.7. The summed E-state index contributed by atoms with van der Waals surface area (Å²) in [5.74, 6) is -5.16. The number of aliphatic hydroxyl groups is 6. The molecule has 9 heteroatoms. The van der Waals surface area contributed by atoms with E-state index >= 15 is 0 Å². The molecule has 6 atom stereocenters. The van der Waals surface area contributed by atoms with E-state index in [0.717, 1.165) is 0 Å². The molecular weight excluding hydrogens is 240 g/mol. The quantitative estimate of drug-likeness (QED) is 0.263. The number of aliphatic hydroxyl groups excluding tert-OH is 5. The number of ether oxygens (including phenoxy) is 1. The summed E-state index contributed by atoms with van der Waals surface area (Å²) in [5.41, 5.74) is 0. The lowest BCUT2D eigenvalue weighted by molar-refractivity contribution is -0.346. The summed E-state index contributed by atoms with van der Waals surface area (Å²) in [6, 6.07) is 0. The second-order valence-corrected chi connectivity index (χ2v) is 3.76. The first kappa shape index (κ1) is 14.3. The molecule has 0 aliphatic carbocycles. The van der Waals surface area contributed by atoms with Gasteiger partial charge in [0.05, 0.1) is 6.61 Å². The van der Waals surface area contributed by atoms with Gasteiger partial charge in [-0.05, 0) is 0 Å². The Morgan fingerprint density at radius 2 is 1.82 bits per heavy atom. The molecule has 0 aromatic carbocycles. The molecule has 7 N–H and O–H groups in total. The molecule has 1 rings (SSSR count). The van der Waals surface area contributed by atoms with Crippen molar-refractivity contribution in [3.63, 3.8) is 0 Å². The maximum Gasteiger partial charge on any atom is 0.367 e. The predicted octanol–water partition coefficient (Wildman–Crippen LogP) is -4.41. The molecule has 0 bridgehead atoms. The molecule has 1 heterocycles. The van der Waals surface area contributed by atoms with Gasteiger partial charge in [-0.2, -0.15) is 0 Å². The van der Waals surface area contributed by atoms with E-state index in [1.807, 2.05) is 0 Å². The number of hydrogen-bond acceptors (Lipinski definition) is 8. The molecule has 17 heavy (non-hydrogen) atoms. The van der Waals surface area contributed by atoms with E-state index in [9.17, 15) is 30.3 Å². The van der Waals surface area contributed by atoms with E-state index in [4.69, 9.17) is 10.2 Å². The van der Waals surface area contributed by atoms with Gasteiger partial charge in [0.25, 0.3) is 5.79 Å². The van der Waals surface area contributed by atoms with Gasteiger partial charge in [0.15, 0.2) is 0 Å². The number of rotatable bonds is 3. The first-order valence-electron chi connectivity index (χ1n) is 4.72. The van der Waals surface area contributed by atoms with Crippen molar-refractivity contribution in [2.24, 2.45) is 0 Å². The highest BCUT2D eigenvalue weighted by Crippen LogP contribution is 2.29.